The predicted octanol–water partition coefficient (Wildman–Crippen LogP) is 0.702. The number of hydrogen-bond donors (Lipinski definition) is 2. The second-order valence-corrected chi connectivity index (χ2v) is 4.75. The van der Waals surface area contributed by atoms with Gasteiger partial charge < -0.3 is 9.30 Å². The Morgan fingerprint density at radius 1 is 1.71 bits per heavy atom. The summed E-state index contributed by atoms with van der Waals surface area (Å²) in [6, 6.07) is 0.243. The number of hydrazine groups is 1. The number of imidazole rings is 1. The molecular formula is C12H22N4O. The van der Waals surface area contributed by atoms with E-state index in [0.717, 1.165) is 31.8 Å². The molecule has 0 aromatic carbocycles. The van der Waals surface area contributed by atoms with E-state index in [2.05, 4.69) is 28.8 Å². The number of aryl methyl sites for hydroxylation is 1. The number of aromatic nitrogens is 2. The molecule has 0 spiro atoms. The summed E-state index contributed by atoms with van der Waals surface area (Å²) in [5.74, 6) is 7.24. The fourth-order valence-electron chi connectivity index (χ4n) is 2.51. The fraction of sp³-hybridized carbons (Fsp3) is 0.750. The zero-order valence-electron chi connectivity index (χ0n) is 10.6. The molecule has 1 aliphatic rings. The minimum atomic E-state index is 0.243. The van der Waals surface area contributed by atoms with Gasteiger partial charge in [-0.15, -0.1) is 0 Å². The van der Waals surface area contributed by atoms with Crippen LogP contribution >= 0.6 is 0 Å². The van der Waals surface area contributed by atoms with Crippen LogP contribution in [0.4, 0.5) is 0 Å². The molecule has 2 rings (SSSR count). The monoisotopic (exact) mass is 238 g/mol. The van der Waals surface area contributed by atoms with Crippen molar-refractivity contribution in [3.63, 3.8) is 0 Å². The van der Waals surface area contributed by atoms with E-state index in [1.165, 1.54) is 0 Å². The van der Waals surface area contributed by atoms with Crippen molar-refractivity contribution in [3.8, 4) is 0 Å². The number of nitrogens with zero attached hydrogens (tertiary/aromatic N) is 2. The maximum atomic E-state index is 5.66. The van der Waals surface area contributed by atoms with Gasteiger partial charge >= 0.3 is 0 Å². The first-order valence-electron chi connectivity index (χ1n) is 6.32. The Kier molecular flexibility index (Phi) is 4.15. The van der Waals surface area contributed by atoms with Crippen molar-refractivity contribution in [2.24, 2.45) is 11.8 Å². The van der Waals surface area contributed by atoms with Crippen molar-refractivity contribution >= 4 is 0 Å². The predicted molar refractivity (Wildman–Crippen MR) is 66.2 cm³/mol. The third-order valence-electron chi connectivity index (χ3n) is 3.56. The first-order chi connectivity index (χ1) is 8.24. The largest absolute Gasteiger partial charge is 0.378 e. The van der Waals surface area contributed by atoms with Gasteiger partial charge in [0.2, 0.25) is 0 Å². The molecule has 96 valence electrons. The molecule has 1 aliphatic heterocycles. The van der Waals surface area contributed by atoms with Gasteiger partial charge in [0.15, 0.2) is 0 Å². The smallest absolute Gasteiger partial charge is 0.110 e. The molecule has 5 heteroatoms. The van der Waals surface area contributed by atoms with Crippen molar-refractivity contribution < 1.29 is 4.74 Å². The Morgan fingerprint density at radius 2 is 2.53 bits per heavy atom. The number of hydrogen-bond acceptors (Lipinski definition) is 4. The van der Waals surface area contributed by atoms with Crippen LogP contribution in [0, 0.1) is 5.92 Å². The molecule has 1 saturated heterocycles. The standard InChI is InChI=1S/C12H22N4O/c1-3-16-5-4-14-12(16)7-11(15-13)10-6-9(2)17-8-10/h4-5,9-11,15H,3,6-8,13H2,1-2H3. The van der Waals surface area contributed by atoms with E-state index in [1.54, 1.807) is 0 Å². The van der Waals surface area contributed by atoms with Crippen LogP contribution in [0.3, 0.4) is 0 Å². The van der Waals surface area contributed by atoms with Crippen LogP contribution in [0.25, 0.3) is 0 Å². The topological polar surface area (TPSA) is 65.1 Å². The molecule has 1 fully saturated rings. The van der Waals surface area contributed by atoms with Crippen LogP contribution in [-0.4, -0.2) is 28.3 Å². The molecule has 1 aromatic heterocycles. The number of nitrogens with one attached hydrogen (secondary N) is 1. The number of rotatable bonds is 5. The molecule has 17 heavy (non-hydrogen) atoms. The Hall–Kier alpha value is -0.910. The van der Waals surface area contributed by atoms with Gasteiger partial charge in [0.05, 0.1) is 12.7 Å². The van der Waals surface area contributed by atoms with Crippen molar-refractivity contribution in [2.75, 3.05) is 6.61 Å². The van der Waals surface area contributed by atoms with Gasteiger partial charge in [-0.3, -0.25) is 11.3 Å². The van der Waals surface area contributed by atoms with Gasteiger partial charge in [0, 0.05) is 37.3 Å². The molecule has 0 radical (unpaired) electrons. The zero-order chi connectivity index (χ0) is 12.3. The summed E-state index contributed by atoms with van der Waals surface area (Å²) in [5, 5.41) is 0. The van der Waals surface area contributed by atoms with Gasteiger partial charge in [-0.2, -0.15) is 0 Å². The maximum Gasteiger partial charge on any atom is 0.110 e. The van der Waals surface area contributed by atoms with E-state index in [0.29, 0.717) is 12.0 Å². The summed E-state index contributed by atoms with van der Waals surface area (Å²) in [4.78, 5) is 4.39. The first kappa shape index (κ1) is 12.5. The normalized spacial score (nSPS) is 26.3. The molecule has 3 unspecified atom stereocenters. The highest BCUT2D eigenvalue weighted by Crippen LogP contribution is 2.23. The van der Waals surface area contributed by atoms with Crippen molar-refractivity contribution in [1.29, 1.82) is 0 Å². The minimum Gasteiger partial charge on any atom is -0.378 e. The Morgan fingerprint density at radius 3 is 3.12 bits per heavy atom. The second-order valence-electron chi connectivity index (χ2n) is 4.75. The van der Waals surface area contributed by atoms with E-state index in [-0.39, 0.29) is 6.04 Å². The lowest BCUT2D eigenvalue weighted by molar-refractivity contribution is 0.116. The lowest BCUT2D eigenvalue weighted by atomic mass is 9.94. The number of ether oxygens (including phenoxy) is 1. The Balaban J connectivity index is 2.00. The highest BCUT2D eigenvalue weighted by Gasteiger charge is 2.29. The molecular weight excluding hydrogens is 216 g/mol. The summed E-state index contributed by atoms with van der Waals surface area (Å²) < 4.78 is 7.76. The lowest BCUT2D eigenvalue weighted by Gasteiger charge is -2.21. The van der Waals surface area contributed by atoms with Gasteiger partial charge in [-0.05, 0) is 20.3 Å². The third kappa shape index (κ3) is 2.86. The van der Waals surface area contributed by atoms with E-state index in [1.807, 2.05) is 12.4 Å². The quantitative estimate of drug-likeness (QED) is 0.585. The van der Waals surface area contributed by atoms with E-state index < -0.39 is 0 Å². The molecule has 0 bridgehead atoms. The fourth-order valence-corrected chi connectivity index (χ4v) is 2.51. The van der Waals surface area contributed by atoms with Crippen LogP contribution in [-0.2, 0) is 17.7 Å². The van der Waals surface area contributed by atoms with Gasteiger partial charge in [-0.1, -0.05) is 0 Å². The summed E-state index contributed by atoms with van der Waals surface area (Å²) in [5.41, 5.74) is 2.92. The summed E-state index contributed by atoms with van der Waals surface area (Å²) in [6.45, 7) is 5.98. The zero-order valence-corrected chi connectivity index (χ0v) is 10.6. The molecule has 0 saturated carbocycles. The van der Waals surface area contributed by atoms with Crippen LogP contribution in [0.15, 0.2) is 12.4 Å². The van der Waals surface area contributed by atoms with Crippen molar-refractivity contribution in [2.45, 2.75) is 45.4 Å². The third-order valence-corrected chi connectivity index (χ3v) is 3.56. The second kappa shape index (κ2) is 5.62. The molecule has 0 aliphatic carbocycles. The van der Waals surface area contributed by atoms with Crippen LogP contribution in [0.2, 0.25) is 0 Å². The lowest BCUT2D eigenvalue weighted by Crippen LogP contribution is -2.43. The first-order valence-corrected chi connectivity index (χ1v) is 6.32. The van der Waals surface area contributed by atoms with Crippen molar-refractivity contribution in [1.82, 2.24) is 15.0 Å². The van der Waals surface area contributed by atoms with E-state index >= 15 is 0 Å². The molecule has 3 N–H and O–H groups in total. The average Bonchev–Trinajstić information content (AvgIpc) is 2.94. The SMILES string of the molecule is CCn1ccnc1CC(NN)C1COC(C)C1. The molecule has 0 amide bonds. The van der Waals surface area contributed by atoms with Gasteiger partial charge in [-0.25, -0.2) is 4.98 Å². The number of nitrogens with two attached hydrogens (primary N) is 1. The van der Waals surface area contributed by atoms with Gasteiger partial charge in [0.1, 0.15) is 5.82 Å². The summed E-state index contributed by atoms with van der Waals surface area (Å²) in [7, 11) is 0. The molecule has 5 nitrogen and oxygen atoms in total. The minimum absolute atomic E-state index is 0.243. The van der Waals surface area contributed by atoms with Crippen LogP contribution in [0.5, 0.6) is 0 Å². The summed E-state index contributed by atoms with van der Waals surface area (Å²) in [6.07, 6.45) is 6.14. The van der Waals surface area contributed by atoms with Crippen molar-refractivity contribution in [3.05, 3.63) is 18.2 Å². The van der Waals surface area contributed by atoms with E-state index in [9.17, 15) is 0 Å². The summed E-state index contributed by atoms with van der Waals surface area (Å²) >= 11 is 0. The van der Waals surface area contributed by atoms with Crippen LogP contribution in [0.1, 0.15) is 26.1 Å². The Labute approximate surface area is 102 Å². The highest BCUT2D eigenvalue weighted by molar-refractivity contribution is 4.97. The maximum absolute atomic E-state index is 5.66. The molecule has 2 heterocycles. The van der Waals surface area contributed by atoms with Crippen LogP contribution < -0.4 is 11.3 Å². The van der Waals surface area contributed by atoms with Gasteiger partial charge in [0.25, 0.3) is 0 Å². The highest BCUT2D eigenvalue weighted by atomic mass is 16.5. The molecule has 3 atom stereocenters. The molecule has 1 aromatic rings. The Bertz CT molecular complexity index is 352. The average molecular weight is 238 g/mol. The van der Waals surface area contributed by atoms with E-state index in [4.69, 9.17) is 10.6 Å².